The largest absolute Gasteiger partial charge is 0.495 e. The van der Waals surface area contributed by atoms with E-state index in [1.807, 2.05) is 0 Å². The molecule has 2 rings (SSSR count). The van der Waals surface area contributed by atoms with E-state index in [-0.39, 0.29) is 19.0 Å². The summed E-state index contributed by atoms with van der Waals surface area (Å²) < 4.78 is 49.0. The molecule has 0 saturated heterocycles. The highest BCUT2D eigenvalue weighted by atomic mass is 32.2. The molecule has 0 N–H and O–H groups in total. The van der Waals surface area contributed by atoms with E-state index in [1.165, 1.54) is 30.7 Å². The zero-order chi connectivity index (χ0) is 17.7. The number of nitrogens with zero attached hydrogens (tertiary/aromatic N) is 1. The van der Waals surface area contributed by atoms with Gasteiger partial charge in [0.15, 0.2) is 0 Å². The Labute approximate surface area is 141 Å². The van der Waals surface area contributed by atoms with Gasteiger partial charge in [0, 0.05) is 7.11 Å². The van der Waals surface area contributed by atoms with Crippen LogP contribution in [0.4, 0.5) is 10.1 Å². The fraction of sp³-hybridized carbons (Fsp3) is 0.294. The fourth-order valence-corrected chi connectivity index (χ4v) is 3.25. The molecule has 0 radical (unpaired) electrons. The zero-order valence-electron chi connectivity index (χ0n) is 13.8. The molecule has 0 aliphatic carbocycles. The SMILES string of the molecule is COCCN(c1cc(-c2ccc(F)cc2)ccc1OC)S(C)(=O)=O. The number of hydrogen-bond donors (Lipinski definition) is 0. The van der Waals surface area contributed by atoms with E-state index in [0.717, 1.165) is 17.4 Å². The molecule has 0 aliphatic rings. The van der Waals surface area contributed by atoms with E-state index in [9.17, 15) is 12.8 Å². The van der Waals surface area contributed by atoms with Gasteiger partial charge in [0.1, 0.15) is 11.6 Å². The Morgan fingerprint density at radius 3 is 2.21 bits per heavy atom. The predicted octanol–water partition coefficient (Wildman–Crippen LogP) is 2.91. The first-order valence-electron chi connectivity index (χ1n) is 7.27. The summed E-state index contributed by atoms with van der Waals surface area (Å²) >= 11 is 0. The molecule has 2 aromatic carbocycles. The standard InChI is InChI=1S/C17H20FNO4S/c1-22-11-10-19(24(3,20)21)16-12-14(6-9-17(16)23-2)13-4-7-15(18)8-5-13/h4-9,12H,10-11H2,1-3H3. The Morgan fingerprint density at radius 1 is 1.04 bits per heavy atom. The molecule has 0 atom stereocenters. The molecule has 24 heavy (non-hydrogen) atoms. The van der Waals surface area contributed by atoms with Gasteiger partial charge in [-0.2, -0.15) is 0 Å². The summed E-state index contributed by atoms with van der Waals surface area (Å²) in [7, 11) is -0.529. The summed E-state index contributed by atoms with van der Waals surface area (Å²) in [6, 6.07) is 11.2. The molecule has 0 saturated carbocycles. The van der Waals surface area contributed by atoms with Crippen LogP contribution < -0.4 is 9.04 Å². The van der Waals surface area contributed by atoms with Crippen LogP contribution in [0.1, 0.15) is 0 Å². The van der Waals surface area contributed by atoms with Crippen LogP contribution in [0.3, 0.4) is 0 Å². The molecule has 130 valence electrons. The van der Waals surface area contributed by atoms with Crippen molar-refractivity contribution in [3.63, 3.8) is 0 Å². The third kappa shape index (κ3) is 4.24. The van der Waals surface area contributed by atoms with Crippen LogP contribution in [-0.2, 0) is 14.8 Å². The zero-order valence-corrected chi connectivity index (χ0v) is 14.6. The van der Waals surface area contributed by atoms with Crippen molar-refractivity contribution in [2.45, 2.75) is 0 Å². The maximum Gasteiger partial charge on any atom is 0.232 e. The minimum Gasteiger partial charge on any atom is -0.495 e. The Kier molecular flexibility index (Phi) is 5.80. The minimum absolute atomic E-state index is 0.165. The van der Waals surface area contributed by atoms with Gasteiger partial charge in [0.05, 0.1) is 32.2 Å². The first-order valence-corrected chi connectivity index (χ1v) is 9.12. The minimum atomic E-state index is -3.52. The molecule has 5 nitrogen and oxygen atoms in total. The van der Waals surface area contributed by atoms with E-state index in [4.69, 9.17) is 9.47 Å². The summed E-state index contributed by atoms with van der Waals surface area (Å²) in [6.07, 6.45) is 1.13. The highest BCUT2D eigenvalue weighted by Crippen LogP contribution is 2.34. The van der Waals surface area contributed by atoms with Gasteiger partial charge >= 0.3 is 0 Å². The Balaban J connectivity index is 2.53. The van der Waals surface area contributed by atoms with Crippen molar-refractivity contribution in [3.05, 3.63) is 48.3 Å². The second-order valence-electron chi connectivity index (χ2n) is 5.22. The molecule has 0 spiro atoms. The van der Waals surface area contributed by atoms with Gasteiger partial charge in [-0.3, -0.25) is 4.31 Å². The van der Waals surface area contributed by atoms with E-state index < -0.39 is 10.0 Å². The molecule has 0 heterocycles. The number of anilines is 1. The number of hydrogen-bond acceptors (Lipinski definition) is 4. The maximum absolute atomic E-state index is 13.1. The molecule has 0 amide bonds. The Bertz CT molecular complexity index is 791. The molecule has 7 heteroatoms. The lowest BCUT2D eigenvalue weighted by Gasteiger charge is -2.24. The number of sulfonamides is 1. The number of benzene rings is 2. The smallest absolute Gasteiger partial charge is 0.232 e. The van der Waals surface area contributed by atoms with Crippen LogP contribution in [0.5, 0.6) is 5.75 Å². The second kappa shape index (κ2) is 7.63. The number of rotatable bonds is 7. The highest BCUT2D eigenvalue weighted by molar-refractivity contribution is 7.92. The topological polar surface area (TPSA) is 55.8 Å². The van der Waals surface area contributed by atoms with Gasteiger partial charge in [-0.1, -0.05) is 18.2 Å². The average molecular weight is 353 g/mol. The van der Waals surface area contributed by atoms with Gasteiger partial charge in [-0.05, 0) is 35.4 Å². The maximum atomic E-state index is 13.1. The summed E-state index contributed by atoms with van der Waals surface area (Å²) in [6.45, 7) is 0.412. The molecule has 2 aromatic rings. The van der Waals surface area contributed by atoms with Crippen molar-refractivity contribution >= 4 is 15.7 Å². The molecule has 0 fully saturated rings. The molecule has 0 bridgehead atoms. The van der Waals surface area contributed by atoms with E-state index in [2.05, 4.69) is 0 Å². The molecule has 0 aliphatic heterocycles. The van der Waals surface area contributed by atoms with Crippen molar-refractivity contribution in [3.8, 4) is 16.9 Å². The van der Waals surface area contributed by atoms with E-state index >= 15 is 0 Å². The van der Waals surface area contributed by atoms with Gasteiger partial charge in [-0.25, -0.2) is 12.8 Å². The normalized spacial score (nSPS) is 11.3. The summed E-state index contributed by atoms with van der Waals surface area (Å²) in [5.41, 5.74) is 1.95. The van der Waals surface area contributed by atoms with Gasteiger partial charge in [-0.15, -0.1) is 0 Å². The number of methoxy groups -OCH3 is 2. The molecule has 0 aromatic heterocycles. The van der Waals surface area contributed by atoms with Crippen LogP contribution in [0.25, 0.3) is 11.1 Å². The Hall–Kier alpha value is -2.12. The number of halogens is 1. The molecular weight excluding hydrogens is 333 g/mol. The monoisotopic (exact) mass is 353 g/mol. The van der Waals surface area contributed by atoms with Crippen LogP contribution in [0.15, 0.2) is 42.5 Å². The van der Waals surface area contributed by atoms with Crippen molar-refractivity contribution in [1.29, 1.82) is 0 Å². The third-order valence-corrected chi connectivity index (χ3v) is 4.70. The lowest BCUT2D eigenvalue weighted by molar-refractivity contribution is 0.208. The lowest BCUT2D eigenvalue weighted by atomic mass is 10.0. The quantitative estimate of drug-likeness (QED) is 0.768. The predicted molar refractivity (Wildman–Crippen MR) is 92.5 cm³/mol. The van der Waals surface area contributed by atoms with Gasteiger partial charge in [0.2, 0.25) is 10.0 Å². The average Bonchev–Trinajstić information content (AvgIpc) is 2.54. The van der Waals surface area contributed by atoms with Crippen molar-refractivity contribution in [2.75, 3.05) is 37.9 Å². The van der Waals surface area contributed by atoms with Crippen molar-refractivity contribution < 1.29 is 22.3 Å². The molecular formula is C17H20FNO4S. The first kappa shape index (κ1) is 18.2. The fourth-order valence-electron chi connectivity index (χ4n) is 2.35. The van der Waals surface area contributed by atoms with Crippen LogP contribution in [0, 0.1) is 5.82 Å². The van der Waals surface area contributed by atoms with Crippen LogP contribution in [-0.4, -0.2) is 42.0 Å². The summed E-state index contributed by atoms with van der Waals surface area (Å²) in [4.78, 5) is 0. The van der Waals surface area contributed by atoms with Crippen molar-refractivity contribution in [2.24, 2.45) is 0 Å². The Morgan fingerprint density at radius 2 is 1.67 bits per heavy atom. The highest BCUT2D eigenvalue weighted by Gasteiger charge is 2.21. The van der Waals surface area contributed by atoms with Gasteiger partial charge in [0.25, 0.3) is 0 Å². The second-order valence-corrected chi connectivity index (χ2v) is 7.13. The van der Waals surface area contributed by atoms with E-state index in [1.54, 1.807) is 30.3 Å². The van der Waals surface area contributed by atoms with Crippen LogP contribution >= 0.6 is 0 Å². The molecule has 0 unspecified atom stereocenters. The van der Waals surface area contributed by atoms with E-state index in [0.29, 0.717) is 11.4 Å². The van der Waals surface area contributed by atoms with Crippen LogP contribution in [0.2, 0.25) is 0 Å². The summed E-state index contributed by atoms with van der Waals surface area (Å²) in [5.74, 6) is 0.104. The first-order chi connectivity index (χ1) is 11.4. The third-order valence-electron chi connectivity index (χ3n) is 3.52. The number of ether oxygens (including phenoxy) is 2. The van der Waals surface area contributed by atoms with Gasteiger partial charge < -0.3 is 9.47 Å². The van der Waals surface area contributed by atoms with Crippen molar-refractivity contribution in [1.82, 2.24) is 0 Å². The summed E-state index contributed by atoms with van der Waals surface area (Å²) in [5, 5.41) is 0. The lowest BCUT2D eigenvalue weighted by Crippen LogP contribution is -2.33.